The number of hydrogen-bond donors (Lipinski definition) is 0. The standard InChI is InChI=1S/C16H20ClN3S/c17-12-14-13-21-16(18-14)6-7-19-8-10-20(11-9-19)15-4-2-1-3-5-15/h1-5,13H,6-12H2. The molecule has 1 saturated heterocycles. The van der Waals surface area contributed by atoms with Crippen molar-refractivity contribution in [3.05, 3.63) is 46.4 Å². The topological polar surface area (TPSA) is 19.4 Å². The van der Waals surface area contributed by atoms with Crippen LogP contribution in [0.3, 0.4) is 0 Å². The summed E-state index contributed by atoms with van der Waals surface area (Å²) >= 11 is 7.52. The fourth-order valence-electron chi connectivity index (χ4n) is 2.65. The fourth-order valence-corrected chi connectivity index (χ4v) is 3.66. The van der Waals surface area contributed by atoms with Gasteiger partial charge >= 0.3 is 0 Å². The molecule has 112 valence electrons. The van der Waals surface area contributed by atoms with Crippen LogP contribution in [-0.2, 0) is 12.3 Å². The molecule has 0 spiro atoms. The lowest BCUT2D eigenvalue weighted by Gasteiger charge is -2.36. The second-order valence-corrected chi connectivity index (χ2v) is 6.49. The van der Waals surface area contributed by atoms with E-state index in [0.29, 0.717) is 5.88 Å². The van der Waals surface area contributed by atoms with Crippen LogP contribution in [0.25, 0.3) is 0 Å². The summed E-state index contributed by atoms with van der Waals surface area (Å²) in [6.45, 7) is 5.56. The Labute approximate surface area is 135 Å². The highest BCUT2D eigenvalue weighted by molar-refractivity contribution is 7.09. The Kier molecular flexibility index (Phi) is 5.12. The molecule has 1 aliphatic heterocycles. The number of halogens is 1. The first-order valence-corrected chi connectivity index (χ1v) is 8.78. The minimum absolute atomic E-state index is 0.520. The van der Waals surface area contributed by atoms with Gasteiger partial charge in [0.25, 0.3) is 0 Å². The van der Waals surface area contributed by atoms with E-state index in [1.165, 1.54) is 10.7 Å². The molecule has 2 aromatic rings. The number of aromatic nitrogens is 1. The van der Waals surface area contributed by atoms with Gasteiger partial charge in [-0.05, 0) is 12.1 Å². The molecule has 0 bridgehead atoms. The zero-order valence-electron chi connectivity index (χ0n) is 12.0. The van der Waals surface area contributed by atoms with E-state index in [4.69, 9.17) is 11.6 Å². The first-order chi connectivity index (χ1) is 10.3. The maximum absolute atomic E-state index is 5.79. The van der Waals surface area contributed by atoms with Gasteiger partial charge in [0, 0.05) is 50.2 Å². The molecule has 2 heterocycles. The second-order valence-electron chi connectivity index (χ2n) is 5.28. The van der Waals surface area contributed by atoms with Crippen LogP contribution in [-0.4, -0.2) is 42.6 Å². The Morgan fingerprint density at radius 2 is 1.86 bits per heavy atom. The predicted molar refractivity (Wildman–Crippen MR) is 90.5 cm³/mol. The number of piperazine rings is 1. The fraction of sp³-hybridized carbons (Fsp3) is 0.438. The van der Waals surface area contributed by atoms with Crippen LogP contribution in [0.4, 0.5) is 5.69 Å². The molecule has 1 fully saturated rings. The van der Waals surface area contributed by atoms with Crippen molar-refractivity contribution in [3.8, 4) is 0 Å². The summed E-state index contributed by atoms with van der Waals surface area (Å²) in [4.78, 5) is 9.52. The van der Waals surface area contributed by atoms with Crippen LogP contribution in [0.2, 0.25) is 0 Å². The largest absolute Gasteiger partial charge is 0.369 e. The maximum atomic E-state index is 5.79. The number of rotatable bonds is 5. The van der Waals surface area contributed by atoms with Crippen LogP contribution in [0.15, 0.2) is 35.7 Å². The van der Waals surface area contributed by atoms with Crippen molar-refractivity contribution in [2.24, 2.45) is 0 Å². The maximum Gasteiger partial charge on any atom is 0.0941 e. The molecular formula is C16H20ClN3S. The van der Waals surface area contributed by atoms with Crippen molar-refractivity contribution in [3.63, 3.8) is 0 Å². The van der Waals surface area contributed by atoms with Gasteiger partial charge in [0.1, 0.15) is 0 Å². The number of alkyl halides is 1. The third kappa shape index (κ3) is 3.96. The van der Waals surface area contributed by atoms with E-state index < -0.39 is 0 Å². The Morgan fingerprint density at radius 3 is 2.52 bits per heavy atom. The molecule has 0 saturated carbocycles. The van der Waals surface area contributed by atoms with E-state index in [-0.39, 0.29) is 0 Å². The average Bonchev–Trinajstić information content (AvgIpc) is 3.02. The summed E-state index contributed by atoms with van der Waals surface area (Å²) in [6.07, 6.45) is 1.03. The van der Waals surface area contributed by atoms with Crippen LogP contribution in [0.5, 0.6) is 0 Å². The Morgan fingerprint density at radius 1 is 1.10 bits per heavy atom. The Hall–Kier alpha value is -1.10. The smallest absolute Gasteiger partial charge is 0.0941 e. The third-order valence-corrected chi connectivity index (χ3v) is 5.10. The Bertz CT molecular complexity index is 550. The molecule has 3 nitrogen and oxygen atoms in total. The molecule has 0 N–H and O–H groups in total. The van der Waals surface area contributed by atoms with Gasteiger partial charge in [-0.25, -0.2) is 4.98 Å². The van der Waals surface area contributed by atoms with E-state index in [1.807, 2.05) is 0 Å². The summed E-state index contributed by atoms with van der Waals surface area (Å²) < 4.78 is 0. The lowest BCUT2D eigenvalue weighted by atomic mass is 10.2. The van der Waals surface area contributed by atoms with E-state index >= 15 is 0 Å². The zero-order valence-corrected chi connectivity index (χ0v) is 13.6. The molecule has 1 aromatic heterocycles. The first kappa shape index (κ1) is 14.8. The average molecular weight is 322 g/mol. The molecule has 0 unspecified atom stereocenters. The van der Waals surface area contributed by atoms with E-state index in [0.717, 1.165) is 44.8 Å². The van der Waals surface area contributed by atoms with Crippen molar-refractivity contribution >= 4 is 28.6 Å². The summed E-state index contributed by atoms with van der Waals surface area (Å²) in [5.74, 6) is 0.520. The van der Waals surface area contributed by atoms with Gasteiger partial charge in [0.05, 0.1) is 16.6 Å². The van der Waals surface area contributed by atoms with Crippen molar-refractivity contribution in [1.29, 1.82) is 0 Å². The highest BCUT2D eigenvalue weighted by Crippen LogP contribution is 2.16. The number of para-hydroxylation sites is 1. The lowest BCUT2D eigenvalue weighted by Crippen LogP contribution is -2.46. The summed E-state index contributed by atoms with van der Waals surface area (Å²) in [7, 11) is 0. The summed E-state index contributed by atoms with van der Waals surface area (Å²) in [5.41, 5.74) is 2.34. The van der Waals surface area contributed by atoms with Gasteiger partial charge in [-0.3, -0.25) is 4.90 Å². The molecule has 1 aromatic carbocycles. The first-order valence-electron chi connectivity index (χ1n) is 7.37. The monoisotopic (exact) mass is 321 g/mol. The molecule has 5 heteroatoms. The normalized spacial score (nSPS) is 16.3. The van der Waals surface area contributed by atoms with E-state index in [9.17, 15) is 0 Å². The summed E-state index contributed by atoms with van der Waals surface area (Å²) in [6, 6.07) is 10.7. The molecule has 0 radical (unpaired) electrons. The molecule has 3 rings (SSSR count). The molecule has 0 atom stereocenters. The van der Waals surface area contributed by atoms with Crippen molar-refractivity contribution in [2.75, 3.05) is 37.6 Å². The third-order valence-electron chi connectivity index (χ3n) is 3.87. The van der Waals surface area contributed by atoms with Crippen LogP contribution >= 0.6 is 22.9 Å². The van der Waals surface area contributed by atoms with Gasteiger partial charge in [0.15, 0.2) is 0 Å². The van der Waals surface area contributed by atoms with Crippen molar-refractivity contribution in [2.45, 2.75) is 12.3 Å². The minimum atomic E-state index is 0.520. The van der Waals surface area contributed by atoms with E-state index in [2.05, 4.69) is 50.5 Å². The number of anilines is 1. The van der Waals surface area contributed by atoms with Crippen molar-refractivity contribution in [1.82, 2.24) is 9.88 Å². The highest BCUT2D eigenvalue weighted by atomic mass is 35.5. The minimum Gasteiger partial charge on any atom is -0.369 e. The second kappa shape index (κ2) is 7.25. The van der Waals surface area contributed by atoms with Gasteiger partial charge in [0.2, 0.25) is 0 Å². The Balaban J connectivity index is 1.45. The van der Waals surface area contributed by atoms with Gasteiger partial charge in [-0.2, -0.15) is 0 Å². The van der Waals surface area contributed by atoms with Crippen LogP contribution in [0, 0.1) is 0 Å². The van der Waals surface area contributed by atoms with Gasteiger partial charge < -0.3 is 4.90 Å². The zero-order chi connectivity index (χ0) is 14.5. The number of nitrogens with zero attached hydrogens (tertiary/aromatic N) is 3. The van der Waals surface area contributed by atoms with Crippen LogP contribution < -0.4 is 4.90 Å². The van der Waals surface area contributed by atoms with Crippen LogP contribution in [0.1, 0.15) is 10.7 Å². The van der Waals surface area contributed by atoms with Gasteiger partial charge in [-0.15, -0.1) is 22.9 Å². The molecular weight excluding hydrogens is 302 g/mol. The number of benzene rings is 1. The molecule has 1 aliphatic rings. The van der Waals surface area contributed by atoms with Gasteiger partial charge in [-0.1, -0.05) is 18.2 Å². The SMILES string of the molecule is ClCc1csc(CCN2CCN(c3ccccc3)CC2)n1. The highest BCUT2D eigenvalue weighted by Gasteiger charge is 2.17. The quantitative estimate of drug-likeness (QED) is 0.788. The summed E-state index contributed by atoms with van der Waals surface area (Å²) in [5, 5.41) is 3.27. The van der Waals surface area contributed by atoms with E-state index in [1.54, 1.807) is 11.3 Å². The molecule has 0 aliphatic carbocycles. The predicted octanol–water partition coefficient (Wildman–Crippen LogP) is 3.25. The van der Waals surface area contributed by atoms with Crippen molar-refractivity contribution < 1.29 is 0 Å². The number of thiazole rings is 1. The lowest BCUT2D eigenvalue weighted by molar-refractivity contribution is 0.261. The number of hydrogen-bond acceptors (Lipinski definition) is 4. The molecule has 21 heavy (non-hydrogen) atoms. The molecule has 0 amide bonds.